The minimum atomic E-state index is -3.77. The molecule has 8 heteroatoms. The predicted octanol–water partition coefficient (Wildman–Crippen LogP) is 3.41. The highest BCUT2D eigenvalue weighted by Gasteiger charge is 2.26. The number of nitrogens with zero attached hydrogens (tertiary/aromatic N) is 1. The zero-order chi connectivity index (χ0) is 19.6. The molecule has 4 rings (SSSR count). The molecule has 1 aliphatic rings. The van der Waals surface area contributed by atoms with Gasteiger partial charge in [-0.25, -0.2) is 8.42 Å². The first-order valence-corrected chi connectivity index (χ1v) is 10.1. The molecule has 0 saturated carbocycles. The van der Waals surface area contributed by atoms with Crippen molar-refractivity contribution in [1.29, 1.82) is 0 Å². The molecule has 0 spiro atoms. The third-order valence-corrected chi connectivity index (χ3v) is 6.21. The van der Waals surface area contributed by atoms with Gasteiger partial charge in [0, 0.05) is 6.54 Å². The molecule has 1 aliphatic heterocycles. The molecule has 7 nitrogen and oxygen atoms in total. The normalized spacial score (nSPS) is 13.1. The minimum absolute atomic E-state index is 0.107. The molecule has 2 heterocycles. The van der Waals surface area contributed by atoms with E-state index in [4.69, 9.17) is 18.6 Å². The van der Waals surface area contributed by atoms with Crippen molar-refractivity contribution in [1.82, 2.24) is 4.31 Å². The Morgan fingerprint density at radius 3 is 2.50 bits per heavy atom. The Kier molecular flexibility index (Phi) is 4.97. The van der Waals surface area contributed by atoms with Gasteiger partial charge in [-0.1, -0.05) is 6.07 Å². The van der Waals surface area contributed by atoms with Crippen LogP contribution in [0.5, 0.6) is 17.2 Å². The highest BCUT2D eigenvalue weighted by Crippen LogP contribution is 2.33. The van der Waals surface area contributed by atoms with Gasteiger partial charge >= 0.3 is 0 Å². The highest BCUT2D eigenvalue weighted by atomic mass is 32.2. The maximum absolute atomic E-state index is 13.3. The second-order valence-electron chi connectivity index (χ2n) is 6.22. The van der Waals surface area contributed by atoms with Crippen LogP contribution in [-0.4, -0.2) is 26.6 Å². The topological polar surface area (TPSA) is 78.2 Å². The van der Waals surface area contributed by atoms with Gasteiger partial charge in [0.15, 0.2) is 11.5 Å². The van der Waals surface area contributed by atoms with Crippen molar-refractivity contribution in [3.63, 3.8) is 0 Å². The number of hydrogen-bond donors (Lipinski definition) is 0. The Balaban J connectivity index is 1.66. The summed E-state index contributed by atoms with van der Waals surface area (Å²) in [6.45, 7) is 0.431. The van der Waals surface area contributed by atoms with Crippen LogP contribution in [0.4, 0.5) is 0 Å². The molecule has 0 atom stereocenters. The van der Waals surface area contributed by atoms with Crippen molar-refractivity contribution in [3.05, 3.63) is 72.2 Å². The summed E-state index contributed by atoms with van der Waals surface area (Å²) >= 11 is 0. The quantitative estimate of drug-likeness (QED) is 0.604. The van der Waals surface area contributed by atoms with Crippen LogP contribution in [0.3, 0.4) is 0 Å². The van der Waals surface area contributed by atoms with E-state index in [0.717, 1.165) is 5.56 Å². The Labute approximate surface area is 163 Å². The van der Waals surface area contributed by atoms with Crippen molar-refractivity contribution >= 4 is 10.0 Å². The van der Waals surface area contributed by atoms with E-state index in [1.165, 1.54) is 29.8 Å². The van der Waals surface area contributed by atoms with Crippen molar-refractivity contribution in [2.75, 3.05) is 13.9 Å². The fourth-order valence-electron chi connectivity index (χ4n) is 2.94. The third kappa shape index (κ3) is 3.69. The van der Waals surface area contributed by atoms with Crippen molar-refractivity contribution in [3.8, 4) is 17.2 Å². The van der Waals surface area contributed by atoms with Crippen LogP contribution < -0.4 is 14.2 Å². The molecule has 0 unspecified atom stereocenters. The molecule has 0 bridgehead atoms. The Bertz CT molecular complexity index is 1040. The molecule has 3 aromatic rings. The van der Waals surface area contributed by atoms with Gasteiger partial charge in [-0.2, -0.15) is 4.31 Å². The lowest BCUT2D eigenvalue weighted by Crippen LogP contribution is -2.30. The van der Waals surface area contributed by atoms with E-state index in [-0.39, 0.29) is 24.8 Å². The number of benzene rings is 2. The van der Waals surface area contributed by atoms with Gasteiger partial charge in [-0.05, 0) is 54.1 Å². The van der Waals surface area contributed by atoms with E-state index >= 15 is 0 Å². The molecule has 0 N–H and O–H groups in total. The molecule has 0 amide bonds. The number of methoxy groups -OCH3 is 1. The number of sulfonamides is 1. The molecular formula is C20H19NO6S. The number of fused-ring (bicyclic) bond motifs is 1. The summed E-state index contributed by atoms with van der Waals surface area (Å²) in [6, 6.07) is 15.2. The number of hydrogen-bond acceptors (Lipinski definition) is 6. The van der Waals surface area contributed by atoms with Gasteiger partial charge in [-0.15, -0.1) is 0 Å². The predicted molar refractivity (Wildman–Crippen MR) is 101 cm³/mol. The molecule has 2 aromatic carbocycles. The summed E-state index contributed by atoms with van der Waals surface area (Å²) in [5.74, 6) is 2.40. The van der Waals surface area contributed by atoms with Crippen LogP contribution in [-0.2, 0) is 23.1 Å². The zero-order valence-electron chi connectivity index (χ0n) is 15.2. The van der Waals surface area contributed by atoms with Gasteiger partial charge in [0.1, 0.15) is 11.5 Å². The van der Waals surface area contributed by atoms with Gasteiger partial charge in [0.2, 0.25) is 16.8 Å². The van der Waals surface area contributed by atoms with Crippen molar-refractivity contribution in [2.45, 2.75) is 18.0 Å². The molecular weight excluding hydrogens is 382 g/mol. The molecule has 28 heavy (non-hydrogen) atoms. The fraction of sp³-hybridized carbons (Fsp3) is 0.200. The van der Waals surface area contributed by atoms with Crippen LogP contribution in [0.15, 0.2) is 70.2 Å². The van der Waals surface area contributed by atoms with Crippen molar-refractivity contribution < 1.29 is 27.0 Å². The molecule has 0 aliphatic carbocycles. The van der Waals surface area contributed by atoms with E-state index in [0.29, 0.717) is 23.0 Å². The van der Waals surface area contributed by atoms with E-state index < -0.39 is 10.0 Å². The summed E-state index contributed by atoms with van der Waals surface area (Å²) in [5.41, 5.74) is 0.785. The standard InChI is InChI=1S/C20H19NO6S/c1-24-16-5-7-18(8-6-16)28(22,23)21(13-17-3-2-10-25-17)12-15-4-9-19-20(11-15)27-14-26-19/h2-11H,12-14H2,1H3. The fourth-order valence-corrected chi connectivity index (χ4v) is 4.34. The van der Waals surface area contributed by atoms with Gasteiger partial charge in [0.25, 0.3) is 0 Å². The monoisotopic (exact) mass is 401 g/mol. The Morgan fingerprint density at radius 2 is 1.79 bits per heavy atom. The third-order valence-electron chi connectivity index (χ3n) is 4.41. The van der Waals surface area contributed by atoms with E-state index in [2.05, 4.69) is 0 Å². The number of furan rings is 1. The number of rotatable bonds is 7. The highest BCUT2D eigenvalue weighted by molar-refractivity contribution is 7.89. The van der Waals surface area contributed by atoms with Crippen LogP contribution in [0.2, 0.25) is 0 Å². The smallest absolute Gasteiger partial charge is 0.243 e. The molecule has 0 saturated heterocycles. The zero-order valence-corrected chi connectivity index (χ0v) is 16.0. The lowest BCUT2D eigenvalue weighted by Gasteiger charge is -2.21. The van der Waals surface area contributed by atoms with E-state index in [9.17, 15) is 8.42 Å². The second-order valence-corrected chi connectivity index (χ2v) is 8.15. The SMILES string of the molecule is COc1ccc(S(=O)(=O)N(Cc2ccc3c(c2)OCO3)Cc2ccco2)cc1. The van der Waals surface area contributed by atoms with E-state index in [1.807, 2.05) is 6.07 Å². The summed E-state index contributed by atoms with van der Waals surface area (Å²) in [6.07, 6.45) is 1.52. The lowest BCUT2D eigenvalue weighted by molar-refractivity contribution is 0.174. The first-order valence-electron chi connectivity index (χ1n) is 8.61. The molecule has 0 fully saturated rings. The second kappa shape index (κ2) is 7.57. The summed E-state index contributed by atoms with van der Waals surface area (Å²) in [5, 5.41) is 0. The Morgan fingerprint density at radius 1 is 1.00 bits per heavy atom. The van der Waals surface area contributed by atoms with Crippen LogP contribution in [0, 0.1) is 0 Å². The molecule has 146 valence electrons. The van der Waals surface area contributed by atoms with Crippen molar-refractivity contribution in [2.24, 2.45) is 0 Å². The lowest BCUT2D eigenvalue weighted by atomic mass is 10.2. The summed E-state index contributed by atoms with van der Waals surface area (Å²) in [7, 11) is -2.23. The molecule has 1 aromatic heterocycles. The van der Waals surface area contributed by atoms with Crippen LogP contribution in [0.25, 0.3) is 0 Å². The maximum atomic E-state index is 13.3. The van der Waals surface area contributed by atoms with Gasteiger partial charge in [0.05, 0.1) is 24.8 Å². The minimum Gasteiger partial charge on any atom is -0.497 e. The van der Waals surface area contributed by atoms with E-state index in [1.54, 1.807) is 36.4 Å². The average Bonchev–Trinajstić information content (AvgIpc) is 3.39. The summed E-state index contributed by atoms with van der Waals surface area (Å²) in [4.78, 5) is 0.181. The summed E-state index contributed by atoms with van der Waals surface area (Å²) < 4.78 is 49.1. The first-order chi connectivity index (χ1) is 13.6. The Hall–Kier alpha value is -2.97. The first kappa shape index (κ1) is 18.4. The maximum Gasteiger partial charge on any atom is 0.243 e. The average molecular weight is 401 g/mol. The number of ether oxygens (including phenoxy) is 3. The van der Waals surface area contributed by atoms with Gasteiger partial charge < -0.3 is 18.6 Å². The van der Waals surface area contributed by atoms with Crippen LogP contribution in [0.1, 0.15) is 11.3 Å². The van der Waals surface area contributed by atoms with Crippen LogP contribution >= 0.6 is 0 Å². The molecule has 0 radical (unpaired) electrons. The largest absolute Gasteiger partial charge is 0.497 e. The van der Waals surface area contributed by atoms with Gasteiger partial charge in [-0.3, -0.25) is 0 Å².